The summed E-state index contributed by atoms with van der Waals surface area (Å²) in [5, 5.41) is 15.0. The molecule has 2 aliphatic rings. The van der Waals surface area contributed by atoms with E-state index in [0.29, 0.717) is 13.0 Å². The van der Waals surface area contributed by atoms with Gasteiger partial charge in [-0.15, -0.1) is 0 Å². The largest absolute Gasteiger partial charge is 0.480 e. The number of hydrogen-bond donors (Lipinski definition) is 3. The van der Waals surface area contributed by atoms with Crippen molar-refractivity contribution in [3.8, 4) is 0 Å². The lowest BCUT2D eigenvalue weighted by Crippen LogP contribution is -2.42. The fourth-order valence-corrected chi connectivity index (χ4v) is 1.74. The van der Waals surface area contributed by atoms with Crippen LogP contribution in [0.4, 0.5) is 0 Å². The van der Waals surface area contributed by atoms with Gasteiger partial charge in [-0.05, 0) is 0 Å². The zero-order chi connectivity index (χ0) is 9.42. The second kappa shape index (κ2) is 2.92. The molecule has 0 spiro atoms. The molecule has 5 heteroatoms. The summed E-state index contributed by atoms with van der Waals surface area (Å²) in [6, 6.07) is -0.433. The van der Waals surface area contributed by atoms with Crippen LogP contribution in [0.15, 0.2) is 11.4 Å². The van der Waals surface area contributed by atoms with Crippen molar-refractivity contribution in [3.05, 3.63) is 11.4 Å². The molecule has 0 radical (unpaired) electrons. The highest BCUT2D eigenvalue weighted by molar-refractivity contribution is 5.74. The highest BCUT2D eigenvalue weighted by Gasteiger charge is 2.29. The number of hydrogen-bond acceptors (Lipinski definition) is 4. The van der Waals surface area contributed by atoms with Crippen LogP contribution in [0.25, 0.3) is 0 Å². The number of rotatable bonds is 1. The summed E-state index contributed by atoms with van der Waals surface area (Å²) in [6.45, 7) is 1.44. The molecule has 0 saturated carbocycles. The van der Waals surface area contributed by atoms with E-state index in [4.69, 9.17) is 5.11 Å². The van der Waals surface area contributed by atoms with Crippen LogP contribution in [-0.2, 0) is 4.79 Å². The third kappa shape index (κ3) is 1.35. The molecular weight excluding hydrogens is 170 g/mol. The summed E-state index contributed by atoms with van der Waals surface area (Å²) in [7, 11) is 2.00. The van der Waals surface area contributed by atoms with Gasteiger partial charge in [-0.2, -0.15) is 0 Å². The Morgan fingerprint density at radius 3 is 3.15 bits per heavy atom. The van der Waals surface area contributed by atoms with Crippen molar-refractivity contribution in [2.75, 3.05) is 20.3 Å². The van der Waals surface area contributed by atoms with E-state index in [1.165, 1.54) is 5.70 Å². The van der Waals surface area contributed by atoms with Gasteiger partial charge in [0.1, 0.15) is 6.04 Å². The summed E-state index contributed by atoms with van der Waals surface area (Å²) < 4.78 is 0. The standard InChI is InChI=1S/C8H13N3O2/c1-11-4-10-5-2-6(8(12)13)9-3-7(5)11/h6,9-10H,2-4H2,1H3,(H,12,13). The van der Waals surface area contributed by atoms with Gasteiger partial charge in [0, 0.05) is 31.4 Å². The molecule has 2 aliphatic heterocycles. The third-order valence-electron chi connectivity index (χ3n) is 2.56. The van der Waals surface area contributed by atoms with Gasteiger partial charge in [0.25, 0.3) is 0 Å². The molecular formula is C8H13N3O2. The number of nitrogens with zero attached hydrogens (tertiary/aromatic N) is 1. The minimum Gasteiger partial charge on any atom is -0.480 e. The highest BCUT2D eigenvalue weighted by atomic mass is 16.4. The average molecular weight is 183 g/mol. The zero-order valence-electron chi connectivity index (χ0n) is 7.50. The molecule has 0 aromatic rings. The summed E-state index contributed by atoms with van der Waals surface area (Å²) in [5.74, 6) is -0.775. The number of carboxylic acid groups (broad SMARTS) is 1. The Hall–Kier alpha value is -1.23. The van der Waals surface area contributed by atoms with Crippen molar-refractivity contribution in [3.63, 3.8) is 0 Å². The Morgan fingerprint density at radius 1 is 1.69 bits per heavy atom. The van der Waals surface area contributed by atoms with E-state index in [2.05, 4.69) is 15.5 Å². The summed E-state index contributed by atoms with van der Waals surface area (Å²) in [4.78, 5) is 12.8. The highest BCUT2D eigenvalue weighted by Crippen LogP contribution is 2.20. The predicted molar refractivity (Wildman–Crippen MR) is 46.8 cm³/mol. The smallest absolute Gasteiger partial charge is 0.321 e. The minimum atomic E-state index is -0.775. The van der Waals surface area contributed by atoms with Crippen molar-refractivity contribution < 1.29 is 9.90 Å². The van der Waals surface area contributed by atoms with Gasteiger partial charge in [0.2, 0.25) is 0 Å². The Kier molecular flexibility index (Phi) is 1.88. The van der Waals surface area contributed by atoms with Crippen LogP contribution < -0.4 is 10.6 Å². The van der Waals surface area contributed by atoms with Gasteiger partial charge in [-0.3, -0.25) is 10.1 Å². The van der Waals surface area contributed by atoms with Crippen LogP contribution in [-0.4, -0.2) is 42.3 Å². The SMILES string of the molecule is CN1CNC2=C1CNC(C(=O)O)C2. The van der Waals surface area contributed by atoms with Crippen molar-refractivity contribution in [2.45, 2.75) is 12.5 Å². The van der Waals surface area contributed by atoms with Gasteiger partial charge in [0.15, 0.2) is 0 Å². The Bertz CT molecular complexity index is 275. The van der Waals surface area contributed by atoms with E-state index in [1.807, 2.05) is 7.05 Å². The molecule has 2 rings (SSSR count). The van der Waals surface area contributed by atoms with Crippen molar-refractivity contribution in [1.82, 2.24) is 15.5 Å². The first kappa shape index (κ1) is 8.37. The fourth-order valence-electron chi connectivity index (χ4n) is 1.74. The fraction of sp³-hybridized carbons (Fsp3) is 0.625. The lowest BCUT2D eigenvalue weighted by molar-refractivity contribution is -0.139. The minimum absolute atomic E-state index is 0.433. The summed E-state index contributed by atoms with van der Waals surface area (Å²) in [6.07, 6.45) is 0.564. The molecule has 1 atom stereocenters. The van der Waals surface area contributed by atoms with E-state index in [0.717, 1.165) is 12.4 Å². The molecule has 0 aliphatic carbocycles. The normalized spacial score (nSPS) is 27.2. The maximum absolute atomic E-state index is 10.7. The van der Waals surface area contributed by atoms with Gasteiger partial charge >= 0.3 is 5.97 Å². The second-order valence-corrected chi connectivity index (χ2v) is 3.43. The quantitative estimate of drug-likeness (QED) is 0.493. The van der Waals surface area contributed by atoms with Crippen molar-refractivity contribution >= 4 is 5.97 Å². The number of carboxylic acids is 1. The molecule has 0 aromatic heterocycles. The summed E-state index contributed by atoms with van der Waals surface area (Å²) in [5.41, 5.74) is 2.27. The van der Waals surface area contributed by atoms with Gasteiger partial charge in [0.05, 0.1) is 6.67 Å². The van der Waals surface area contributed by atoms with Gasteiger partial charge in [-0.25, -0.2) is 0 Å². The molecule has 1 unspecified atom stereocenters. The first-order valence-corrected chi connectivity index (χ1v) is 4.31. The van der Waals surface area contributed by atoms with E-state index < -0.39 is 12.0 Å². The van der Waals surface area contributed by atoms with Gasteiger partial charge < -0.3 is 15.3 Å². The Morgan fingerprint density at radius 2 is 2.46 bits per heavy atom. The molecule has 0 amide bonds. The van der Waals surface area contributed by atoms with Crippen LogP contribution in [0.5, 0.6) is 0 Å². The average Bonchev–Trinajstić information content (AvgIpc) is 2.47. The maximum Gasteiger partial charge on any atom is 0.321 e. The van der Waals surface area contributed by atoms with Gasteiger partial charge in [-0.1, -0.05) is 0 Å². The molecule has 3 N–H and O–H groups in total. The maximum atomic E-state index is 10.7. The number of carbonyl (C=O) groups is 1. The molecule has 0 fully saturated rings. The van der Waals surface area contributed by atoms with Crippen molar-refractivity contribution in [1.29, 1.82) is 0 Å². The van der Waals surface area contributed by atoms with Crippen LogP contribution in [0, 0.1) is 0 Å². The molecule has 13 heavy (non-hydrogen) atoms. The number of nitrogens with one attached hydrogen (secondary N) is 2. The molecule has 0 aromatic carbocycles. The summed E-state index contributed by atoms with van der Waals surface area (Å²) >= 11 is 0. The van der Waals surface area contributed by atoms with Crippen LogP contribution in [0.3, 0.4) is 0 Å². The van der Waals surface area contributed by atoms with E-state index in [-0.39, 0.29) is 0 Å². The van der Waals surface area contributed by atoms with Crippen molar-refractivity contribution in [2.24, 2.45) is 0 Å². The first-order valence-electron chi connectivity index (χ1n) is 4.31. The molecule has 0 saturated heterocycles. The van der Waals surface area contributed by atoms with Crippen LogP contribution in [0.1, 0.15) is 6.42 Å². The predicted octanol–water partition coefficient (Wildman–Crippen LogP) is -0.863. The number of aliphatic carboxylic acids is 1. The first-order chi connectivity index (χ1) is 6.18. The molecule has 2 heterocycles. The van der Waals surface area contributed by atoms with E-state index >= 15 is 0 Å². The third-order valence-corrected chi connectivity index (χ3v) is 2.56. The topological polar surface area (TPSA) is 64.6 Å². The number of likely N-dealkylation sites (N-methyl/N-ethyl adjacent to an activating group) is 1. The van der Waals surface area contributed by atoms with E-state index in [9.17, 15) is 4.79 Å². The zero-order valence-corrected chi connectivity index (χ0v) is 7.50. The van der Waals surface area contributed by atoms with E-state index in [1.54, 1.807) is 0 Å². The lowest BCUT2D eigenvalue weighted by atomic mass is 10.1. The van der Waals surface area contributed by atoms with Crippen LogP contribution in [0.2, 0.25) is 0 Å². The monoisotopic (exact) mass is 183 g/mol. The lowest BCUT2D eigenvalue weighted by Gasteiger charge is -2.23. The Balaban J connectivity index is 2.12. The molecule has 0 bridgehead atoms. The molecule has 72 valence electrons. The Labute approximate surface area is 76.4 Å². The van der Waals surface area contributed by atoms with Crippen LogP contribution >= 0.6 is 0 Å². The second-order valence-electron chi connectivity index (χ2n) is 3.43. The molecule has 5 nitrogen and oxygen atoms in total.